The molecule has 4 heteroatoms. The summed E-state index contributed by atoms with van der Waals surface area (Å²) in [4.78, 5) is 0. The van der Waals surface area contributed by atoms with Crippen molar-refractivity contribution < 1.29 is 9.13 Å². The van der Waals surface area contributed by atoms with Crippen LogP contribution in [-0.2, 0) is 19.4 Å². The number of benzene rings is 1. The molecule has 0 radical (unpaired) electrons. The van der Waals surface area contributed by atoms with Gasteiger partial charge in [0, 0.05) is 29.7 Å². The average Bonchev–Trinajstić information content (AvgIpc) is 2.95. The molecule has 1 atom stereocenters. The molecule has 1 aromatic carbocycles. The minimum atomic E-state index is -0.279. The fraction of sp³-hybridized carbons (Fsp3) is 0.500. The number of rotatable bonds is 4. The van der Waals surface area contributed by atoms with Gasteiger partial charge in [0.25, 0.3) is 0 Å². The van der Waals surface area contributed by atoms with Crippen molar-refractivity contribution in [3.8, 4) is 5.75 Å². The Hall–Kier alpha value is -1.55. The number of hydrogen-bond donors (Lipinski definition) is 1. The lowest BCUT2D eigenvalue weighted by molar-refractivity contribution is 0.322. The summed E-state index contributed by atoms with van der Waals surface area (Å²) in [5.41, 5.74) is 9.56. The predicted octanol–water partition coefficient (Wildman–Crippen LogP) is 3.02. The molecule has 20 heavy (non-hydrogen) atoms. The largest absolute Gasteiger partial charge is 0.491 e. The Morgan fingerprint density at radius 3 is 2.95 bits per heavy atom. The number of nitrogens with zero attached hydrogens (tertiary/aromatic N) is 1. The summed E-state index contributed by atoms with van der Waals surface area (Å²) in [6.07, 6.45) is 3.02. The van der Waals surface area contributed by atoms with Crippen LogP contribution in [0, 0.1) is 5.82 Å². The molecule has 2 N–H and O–H groups in total. The van der Waals surface area contributed by atoms with Gasteiger partial charge in [-0.3, -0.25) is 0 Å². The standard InChI is InChI=1S/C16H21FN2O/c1-3-20-16-8-12-11(7-10(2)18)14-5-4-6-19(14)15(12)9-13(16)17/h8-10H,3-7,18H2,1-2H3/t10-/m0/s1. The normalized spacial score (nSPS) is 15.6. The molecule has 0 unspecified atom stereocenters. The molecule has 108 valence electrons. The van der Waals surface area contributed by atoms with Crippen LogP contribution in [0.4, 0.5) is 4.39 Å². The van der Waals surface area contributed by atoms with Crippen molar-refractivity contribution in [2.24, 2.45) is 5.73 Å². The second-order valence-corrected chi connectivity index (χ2v) is 5.59. The molecule has 2 heterocycles. The van der Waals surface area contributed by atoms with E-state index in [9.17, 15) is 4.39 Å². The predicted molar refractivity (Wildman–Crippen MR) is 78.7 cm³/mol. The van der Waals surface area contributed by atoms with Crippen molar-refractivity contribution in [1.29, 1.82) is 0 Å². The van der Waals surface area contributed by atoms with Crippen molar-refractivity contribution >= 4 is 10.9 Å². The van der Waals surface area contributed by atoms with Gasteiger partial charge in [-0.15, -0.1) is 0 Å². The average molecular weight is 276 g/mol. The van der Waals surface area contributed by atoms with Gasteiger partial charge in [0.1, 0.15) is 0 Å². The molecule has 0 amide bonds. The monoisotopic (exact) mass is 276 g/mol. The van der Waals surface area contributed by atoms with Crippen LogP contribution in [-0.4, -0.2) is 17.2 Å². The van der Waals surface area contributed by atoms with E-state index in [0.29, 0.717) is 12.4 Å². The maximum absolute atomic E-state index is 14.1. The van der Waals surface area contributed by atoms with Crippen LogP contribution < -0.4 is 10.5 Å². The number of ether oxygens (including phenoxy) is 1. The van der Waals surface area contributed by atoms with Crippen molar-refractivity contribution in [1.82, 2.24) is 4.57 Å². The summed E-state index contributed by atoms with van der Waals surface area (Å²) in [6, 6.07) is 3.56. The highest BCUT2D eigenvalue weighted by Gasteiger charge is 2.23. The fourth-order valence-electron chi connectivity index (χ4n) is 3.23. The first-order chi connectivity index (χ1) is 9.61. The lowest BCUT2D eigenvalue weighted by atomic mass is 10.0. The zero-order valence-corrected chi connectivity index (χ0v) is 12.1. The Bertz CT molecular complexity index is 646. The summed E-state index contributed by atoms with van der Waals surface area (Å²) < 4.78 is 21.7. The summed E-state index contributed by atoms with van der Waals surface area (Å²) in [5, 5.41) is 1.10. The highest BCUT2D eigenvalue weighted by atomic mass is 19.1. The van der Waals surface area contributed by atoms with Gasteiger partial charge >= 0.3 is 0 Å². The lowest BCUT2D eigenvalue weighted by Gasteiger charge is -2.08. The third-order valence-electron chi connectivity index (χ3n) is 3.96. The molecule has 0 saturated carbocycles. The van der Waals surface area contributed by atoms with Gasteiger partial charge < -0.3 is 15.0 Å². The van der Waals surface area contributed by atoms with E-state index in [0.717, 1.165) is 36.7 Å². The molecular weight excluding hydrogens is 255 g/mol. The summed E-state index contributed by atoms with van der Waals surface area (Å²) >= 11 is 0. The molecule has 0 saturated heterocycles. The molecule has 1 aromatic heterocycles. The van der Waals surface area contributed by atoms with Crippen molar-refractivity contribution in [3.05, 3.63) is 29.2 Å². The Balaban J connectivity index is 2.21. The minimum absolute atomic E-state index is 0.103. The number of aromatic nitrogens is 1. The summed E-state index contributed by atoms with van der Waals surface area (Å²) in [6.45, 7) is 5.32. The van der Waals surface area contributed by atoms with Crippen LogP contribution in [0.3, 0.4) is 0 Å². The number of hydrogen-bond acceptors (Lipinski definition) is 2. The number of halogens is 1. The first kappa shape index (κ1) is 13.4. The number of aryl methyl sites for hydroxylation is 1. The van der Waals surface area contributed by atoms with E-state index in [2.05, 4.69) is 4.57 Å². The molecule has 1 aliphatic heterocycles. The molecule has 0 aliphatic carbocycles. The van der Waals surface area contributed by atoms with Gasteiger partial charge in [-0.05, 0) is 44.7 Å². The summed E-state index contributed by atoms with van der Waals surface area (Å²) in [7, 11) is 0. The van der Waals surface area contributed by atoms with Gasteiger partial charge in [-0.1, -0.05) is 0 Å². The maximum atomic E-state index is 14.1. The maximum Gasteiger partial charge on any atom is 0.167 e. The molecular formula is C16H21FN2O. The fourth-order valence-corrected chi connectivity index (χ4v) is 3.23. The zero-order chi connectivity index (χ0) is 14.3. The van der Waals surface area contributed by atoms with Crippen LogP contribution in [0.2, 0.25) is 0 Å². The topological polar surface area (TPSA) is 40.2 Å². The van der Waals surface area contributed by atoms with Crippen molar-refractivity contribution in [2.45, 2.75) is 45.7 Å². The van der Waals surface area contributed by atoms with Crippen LogP contribution in [0.5, 0.6) is 5.75 Å². The SMILES string of the molecule is CCOc1cc2c(C[C@H](C)N)c3n(c2cc1F)CCC3. The highest BCUT2D eigenvalue weighted by molar-refractivity contribution is 5.87. The first-order valence-corrected chi connectivity index (χ1v) is 7.33. The third-order valence-corrected chi connectivity index (χ3v) is 3.96. The van der Waals surface area contributed by atoms with Crippen molar-refractivity contribution in [2.75, 3.05) is 6.61 Å². The van der Waals surface area contributed by atoms with Gasteiger partial charge in [0.2, 0.25) is 0 Å². The van der Waals surface area contributed by atoms with Gasteiger partial charge in [0.15, 0.2) is 11.6 Å². The van der Waals surface area contributed by atoms with E-state index < -0.39 is 0 Å². The Morgan fingerprint density at radius 1 is 1.45 bits per heavy atom. The molecule has 3 rings (SSSR count). The molecule has 0 fully saturated rings. The molecule has 0 spiro atoms. The molecule has 0 bridgehead atoms. The Labute approximate surface area is 118 Å². The lowest BCUT2D eigenvalue weighted by Crippen LogP contribution is -2.18. The minimum Gasteiger partial charge on any atom is -0.491 e. The van der Waals surface area contributed by atoms with E-state index >= 15 is 0 Å². The van der Waals surface area contributed by atoms with E-state index in [4.69, 9.17) is 10.5 Å². The van der Waals surface area contributed by atoms with Crippen LogP contribution >= 0.6 is 0 Å². The van der Waals surface area contributed by atoms with Crippen LogP contribution in [0.1, 0.15) is 31.5 Å². The molecule has 1 aliphatic rings. The van der Waals surface area contributed by atoms with Crippen LogP contribution in [0.15, 0.2) is 12.1 Å². The van der Waals surface area contributed by atoms with E-state index in [1.807, 2.05) is 19.9 Å². The smallest absolute Gasteiger partial charge is 0.167 e. The van der Waals surface area contributed by atoms with Gasteiger partial charge in [-0.25, -0.2) is 4.39 Å². The van der Waals surface area contributed by atoms with E-state index in [-0.39, 0.29) is 11.9 Å². The number of nitrogens with two attached hydrogens (primary N) is 1. The number of fused-ring (bicyclic) bond motifs is 3. The van der Waals surface area contributed by atoms with Crippen molar-refractivity contribution in [3.63, 3.8) is 0 Å². The highest BCUT2D eigenvalue weighted by Crippen LogP contribution is 2.35. The van der Waals surface area contributed by atoms with Gasteiger partial charge in [-0.2, -0.15) is 0 Å². The van der Waals surface area contributed by atoms with Crippen LogP contribution in [0.25, 0.3) is 10.9 Å². The first-order valence-electron chi connectivity index (χ1n) is 7.33. The molecule has 3 nitrogen and oxygen atoms in total. The van der Waals surface area contributed by atoms with E-state index in [1.54, 1.807) is 6.07 Å². The third kappa shape index (κ3) is 2.08. The second kappa shape index (κ2) is 5.09. The Morgan fingerprint density at radius 2 is 2.25 bits per heavy atom. The molecule has 2 aromatic rings. The quantitative estimate of drug-likeness (QED) is 0.932. The zero-order valence-electron chi connectivity index (χ0n) is 12.1. The van der Waals surface area contributed by atoms with Gasteiger partial charge in [0.05, 0.1) is 12.1 Å². The second-order valence-electron chi connectivity index (χ2n) is 5.59. The summed E-state index contributed by atoms with van der Waals surface area (Å²) in [5.74, 6) is 0.0640. The van der Waals surface area contributed by atoms with E-state index in [1.165, 1.54) is 11.3 Å². The Kier molecular flexibility index (Phi) is 3.42.